The zero-order valence-electron chi connectivity index (χ0n) is 17.3. The summed E-state index contributed by atoms with van der Waals surface area (Å²) < 4.78 is 0. The Bertz CT molecular complexity index is 324. The molecule has 26 heavy (non-hydrogen) atoms. The normalized spacial score (nSPS) is 24.8. The van der Waals surface area contributed by atoms with Crippen LogP contribution in [0, 0.1) is 0 Å². The first-order chi connectivity index (χ1) is 12.8. The fourth-order valence-electron chi connectivity index (χ4n) is 5.25. The van der Waals surface area contributed by atoms with Crippen molar-refractivity contribution in [3.05, 3.63) is 0 Å². The summed E-state index contributed by atoms with van der Waals surface area (Å²) >= 11 is 0. The lowest BCUT2D eigenvalue weighted by molar-refractivity contribution is 0.359. The van der Waals surface area contributed by atoms with Gasteiger partial charge in [0, 0.05) is 18.1 Å². The van der Waals surface area contributed by atoms with Gasteiger partial charge in [0.15, 0.2) is 0 Å². The average molecular weight is 381 g/mol. The molecule has 0 heterocycles. The summed E-state index contributed by atoms with van der Waals surface area (Å²) in [6, 6.07) is 2.10. The molecule has 0 aliphatic heterocycles. The first kappa shape index (κ1) is 20.8. The maximum atomic E-state index is 4.20. The second kappa shape index (κ2) is 11.2. The van der Waals surface area contributed by atoms with Gasteiger partial charge in [0.2, 0.25) is 0 Å². The van der Waals surface area contributed by atoms with E-state index in [1.165, 1.54) is 103 Å². The summed E-state index contributed by atoms with van der Waals surface area (Å²) in [5.41, 5.74) is 0. The highest BCUT2D eigenvalue weighted by atomic mass is 28.4. The van der Waals surface area contributed by atoms with Crippen molar-refractivity contribution in [1.82, 2.24) is 19.9 Å². The molecule has 3 rings (SSSR count). The lowest BCUT2D eigenvalue weighted by Gasteiger charge is -2.44. The number of hydrogen-bond donors (Lipinski definition) is 4. The van der Waals surface area contributed by atoms with Crippen LogP contribution in [0.1, 0.15) is 110 Å². The largest absolute Gasteiger partial charge is 0.366 e. The Morgan fingerprint density at radius 2 is 0.923 bits per heavy atom. The summed E-state index contributed by atoms with van der Waals surface area (Å²) in [7, 11) is -2.08. The van der Waals surface area contributed by atoms with Crippen molar-refractivity contribution < 1.29 is 0 Å². The predicted octanol–water partition coefficient (Wildman–Crippen LogP) is 4.19. The lowest BCUT2D eigenvalue weighted by Crippen LogP contribution is -2.84. The summed E-state index contributed by atoms with van der Waals surface area (Å²) in [4.78, 5) is 16.6. The molecule has 0 amide bonds. The summed E-state index contributed by atoms with van der Waals surface area (Å²) in [6.45, 7) is 3.42. The highest BCUT2D eigenvalue weighted by Gasteiger charge is 2.41. The minimum absolute atomic E-state index is 0.701. The quantitative estimate of drug-likeness (QED) is 0.453. The molecule has 4 N–H and O–H groups in total. The van der Waals surface area contributed by atoms with Crippen molar-refractivity contribution in [3.8, 4) is 0 Å². The van der Waals surface area contributed by atoms with Crippen LogP contribution in [0.15, 0.2) is 0 Å². The Morgan fingerprint density at radius 3 is 1.23 bits per heavy atom. The van der Waals surface area contributed by atoms with Crippen LogP contribution >= 0.6 is 0 Å². The smallest absolute Gasteiger partial charge is 0.301 e. The summed E-state index contributed by atoms with van der Waals surface area (Å²) in [6.07, 6.45) is 22.1. The van der Waals surface area contributed by atoms with E-state index in [1.54, 1.807) is 0 Å². The monoisotopic (exact) mass is 380 g/mol. The number of hydrogen-bond acceptors (Lipinski definition) is 4. The molecule has 0 unspecified atom stereocenters. The first-order valence-electron chi connectivity index (χ1n) is 11.9. The third-order valence-electron chi connectivity index (χ3n) is 6.72. The van der Waals surface area contributed by atoms with Crippen LogP contribution in [0.3, 0.4) is 0 Å². The molecule has 0 aromatic rings. The Morgan fingerprint density at radius 1 is 0.577 bits per heavy atom. The van der Waals surface area contributed by atoms with E-state index in [9.17, 15) is 0 Å². The number of nitrogens with one attached hydrogen (secondary N) is 4. The molecule has 0 atom stereocenters. The molecule has 3 aliphatic carbocycles. The van der Waals surface area contributed by atoms with Gasteiger partial charge in [0.1, 0.15) is 0 Å². The van der Waals surface area contributed by atoms with Gasteiger partial charge in [-0.3, -0.25) is 14.9 Å². The second-order valence-electron chi connectivity index (χ2n) is 9.11. The molecule has 0 aromatic carbocycles. The molecule has 3 fully saturated rings. The van der Waals surface area contributed by atoms with E-state index >= 15 is 0 Å². The maximum Gasteiger partial charge on any atom is 0.366 e. The molecule has 0 radical (unpaired) electrons. The van der Waals surface area contributed by atoms with E-state index in [1.807, 2.05) is 0 Å². The van der Waals surface area contributed by atoms with Gasteiger partial charge >= 0.3 is 8.72 Å². The fraction of sp³-hybridized carbons (Fsp3) is 1.00. The van der Waals surface area contributed by atoms with Crippen LogP contribution < -0.4 is 19.9 Å². The Balaban J connectivity index is 1.71. The minimum Gasteiger partial charge on any atom is -0.301 e. The van der Waals surface area contributed by atoms with Crippen LogP contribution in [-0.4, -0.2) is 33.4 Å². The van der Waals surface area contributed by atoms with E-state index in [-0.39, 0.29) is 0 Å². The molecule has 3 aliphatic rings. The molecule has 0 saturated heterocycles. The first-order valence-corrected chi connectivity index (χ1v) is 13.9. The highest BCUT2D eigenvalue weighted by Crippen LogP contribution is 2.22. The average Bonchev–Trinajstić information content (AvgIpc) is 2.69. The molecule has 4 nitrogen and oxygen atoms in total. The van der Waals surface area contributed by atoms with Crippen molar-refractivity contribution in [2.75, 3.05) is 6.54 Å². The van der Waals surface area contributed by atoms with Crippen LogP contribution in [-0.2, 0) is 0 Å². The van der Waals surface area contributed by atoms with Crippen LogP contribution in [0.5, 0.6) is 0 Å². The Kier molecular flexibility index (Phi) is 8.92. The van der Waals surface area contributed by atoms with Crippen LogP contribution in [0.25, 0.3) is 0 Å². The standard InChI is InChI=1S/C21H44N4Si/c1-2-18-22-26(23-19-12-6-3-7-13-19,24-20-14-8-4-9-15-20)25-21-16-10-5-11-17-21/h19-25H,2-18H2,1H3. The van der Waals surface area contributed by atoms with E-state index in [0.717, 1.165) is 6.54 Å². The van der Waals surface area contributed by atoms with Crippen molar-refractivity contribution >= 4 is 8.72 Å². The SMILES string of the molecule is CCCN[Si](NC1CCCCC1)(NC1CCCCC1)NC1CCCCC1. The van der Waals surface area contributed by atoms with Gasteiger partial charge in [-0.1, -0.05) is 64.7 Å². The van der Waals surface area contributed by atoms with Crippen molar-refractivity contribution in [2.24, 2.45) is 0 Å². The molecule has 0 aromatic heterocycles. The van der Waals surface area contributed by atoms with E-state index in [0.29, 0.717) is 18.1 Å². The van der Waals surface area contributed by atoms with Gasteiger partial charge in [0.25, 0.3) is 0 Å². The van der Waals surface area contributed by atoms with Gasteiger partial charge in [-0.15, -0.1) is 0 Å². The maximum absolute atomic E-state index is 4.20. The third kappa shape index (κ3) is 6.59. The van der Waals surface area contributed by atoms with Crippen molar-refractivity contribution in [3.63, 3.8) is 0 Å². The molecule has 3 saturated carbocycles. The molecule has 152 valence electrons. The zero-order chi connectivity index (χ0) is 18.1. The molecule has 0 spiro atoms. The van der Waals surface area contributed by atoms with Crippen molar-refractivity contribution in [2.45, 2.75) is 128 Å². The van der Waals surface area contributed by atoms with E-state index < -0.39 is 8.72 Å². The molecule has 0 bridgehead atoms. The van der Waals surface area contributed by atoms with Gasteiger partial charge in [-0.25, -0.2) is 0 Å². The Labute approximate surface area is 163 Å². The zero-order valence-corrected chi connectivity index (χ0v) is 18.3. The fourth-order valence-corrected chi connectivity index (χ4v) is 9.13. The second-order valence-corrected chi connectivity index (χ2v) is 11.8. The van der Waals surface area contributed by atoms with Gasteiger partial charge in [-0.2, -0.15) is 0 Å². The van der Waals surface area contributed by atoms with E-state index in [4.69, 9.17) is 0 Å². The molecule has 5 heteroatoms. The number of rotatable bonds is 9. The van der Waals surface area contributed by atoms with E-state index in [2.05, 4.69) is 26.9 Å². The molecular formula is C21H44N4Si. The highest BCUT2D eigenvalue weighted by molar-refractivity contribution is 6.70. The summed E-state index contributed by atoms with van der Waals surface area (Å²) in [5.74, 6) is 0. The molecular weight excluding hydrogens is 336 g/mol. The Hall–Kier alpha value is 0.0569. The minimum atomic E-state index is -2.08. The van der Waals surface area contributed by atoms with Gasteiger partial charge < -0.3 is 4.98 Å². The lowest BCUT2D eigenvalue weighted by atomic mass is 9.96. The van der Waals surface area contributed by atoms with Crippen LogP contribution in [0.4, 0.5) is 0 Å². The topological polar surface area (TPSA) is 48.1 Å². The van der Waals surface area contributed by atoms with Gasteiger partial charge in [-0.05, 0) is 51.5 Å². The summed E-state index contributed by atoms with van der Waals surface area (Å²) in [5, 5.41) is 0. The van der Waals surface area contributed by atoms with Gasteiger partial charge in [0.05, 0.1) is 0 Å². The predicted molar refractivity (Wildman–Crippen MR) is 114 cm³/mol. The van der Waals surface area contributed by atoms with Crippen LogP contribution in [0.2, 0.25) is 0 Å². The third-order valence-corrected chi connectivity index (χ3v) is 10.0. The van der Waals surface area contributed by atoms with Crippen molar-refractivity contribution in [1.29, 1.82) is 0 Å².